The zero-order chi connectivity index (χ0) is 19.1. The van der Waals surface area contributed by atoms with E-state index < -0.39 is 6.03 Å². The number of nitrogens with one attached hydrogen (secondary N) is 3. The molecule has 1 saturated heterocycles. The van der Waals surface area contributed by atoms with E-state index >= 15 is 0 Å². The van der Waals surface area contributed by atoms with Crippen LogP contribution in [0.2, 0.25) is 0 Å². The maximum atomic E-state index is 12.4. The quantitative estimate of drug-likeness (QED) is 0.585. The van der Waals surface area contributed by atoms with Crippen molar-refractivity contribution in [1.82, 2.24) is 9.88 Å². The number of amides is 3. The molecular weight excluding hydrogens is 350 g/mol. The largest absolute Gasteiger partial charge is 0.488 e. The molecule has 2 heterocycles. The zero-order valence-electron chi connectivity index (χ0n) is 14.9. The van der Waals surface area contributed by atoms with Crippen molar-refractivity contribution in [3.63, 3.8) is 0 Å². The van der Waals surface area contributed by atoms with Crippen LogP contribution in [-0.2, 0) is 4.74 Å². The van der Waals surface area contributed by atoms with Crippen LogP contribution in [0, 0.1) is 0 Å². The van der Waals surface area contributed by atoms with Crippen LogP contribution < -0.4 is 21.1 Å². The minimum atomic E-state index is -0.706. The van der Waals surface area contributed by atoms with E-state index in [9.17, 15) is 9.59 Å². The highest BCUT2D eigenvalue weighted by molar-refractivity contribution is 6.05. The molecule has 9 heteroatoms. The fourth-order valence-electron chi connectivity index (χ4n) is 2.78. The first-order valence-electron chi connectivity index (χ1n) is 8.70. The maximum Gasteiger partial charge on any atom is 0.316 e. The molecule has 0 atom stereocenters. The van der Waals surface area contributed by atoms with E-state index in [1.807, 2.05) is 0 Å². The first-order chi connectivity index (χ1) is 13.1. The molecule has 3 amide bonds. The number of primary amides is 1. The lowest BCUT2D eigenvalue weighted by atomic mass is 10.2. The van der Waals surface area contributed by atoms with Gasteiger partial charge in [0, 0.05) is 32.0 Å². The number of hydrogen-bond donors (Lipinski definition) is 4. The molecule has 0 aliphatic carbocycles. The van der Waals surface area contributed by atoms with Gasteiger partial charge in [-0.25, -0.2) is 4.79 Å². The number of nitrogens with two attached hydrogens (primary N) is 1. The molecule has 0 radical (unpaired) electrons. The van der Waals surface area contributed by atoms with Gasteiger partial charge < -0.3 is 30.8 Å². The summed E-state index contributed by atoms with van der Waals surface area (Å²) in [5, 5.41) is 5.34. The third-order valence-electron chi connectivity index (χ3n) is 4.14. The third kappa shape index (κ3) is 5.22. The summed E-state index contributed by atoms with van der Waals surface area (Å²) in [4.78, 5) is 28.7. The molecule has 2 aromatic rings. The number of aromatic amines is 1. The molecule has 1 fully saturated rings. The Morgan fingerprint density at radius 2 is 1.93 bits per heavy atom. The summed E-state index contributed by atoms with van der Waals surface area (Å²) in [6.45, 7) is 4.21. The van der Waals surface area contributed by atoms with Crippen LogP contribution in [0.3, 0.4) is 0 Å². The number of rotatable bonds is 7. The van der Waals surface area contributed by atoms with Crippen LogP contribution >= 0.6 is 0 Å². The summed E-state index contributed by atoms with van der Waals surface area (Å²) in [6.07, 6.45) is 3.26. The van der Waals surface area contributed by atoms with Crippen LogP contribution in [0.25, 0.3) is 0 Å². The molecule has 3 rings (SSSR count). The molecular formula is C18H23N5O4. The number of nitrogens with zero attached hydrogens (tertiary/aromatic N) is 1. The van der Waals surface area contributed by atoms with Crippen molar-refractivity contribution >= 4 is 23.3 Å². The fourth-order valence-corrected chi connectivity index (χ4v) is 2.78. The summed E-state index contributed by atoms with van der Waals surface area (Å²) in [5.41, 5.74) is 6.59. The number of aromatic nitrogens is 1. The van der Waals surface area contributed by atoms with Gasteiger partial charge in [-0.05, 0) is 18.2 Å². The number of urea groups is 1. The molecule has 27 heavy (non-hydrogen) atoms. The van der Waals surface area contributed by atoms with Crippen molar-refractivity contribution in [3.05, 3.63) is 42.2 Å². The summed E-state index contributed by atoms with van der Waals surface area (Å²) in [5.74, 6) is 0.0824. The third-order valence-corrected chi connectivity index (χ3v) is 4.14. The lowest BCUT2D eigenvalue weighted by Gasteiger charge is -2.26. The predicted molar refractivity (Wildman–Crippen MR) is 101 cm³/mol. The van der Waals surface area contributed by atoms with E-state index in [1.165, 1.54) is 0 Å². The number of benzene rings is 1. The topological polar surface area (TPSA) is 122 Å². The van der Waals surface area contributed by atoms with E-state index in [-0.39, 0.29) is 5.91 Å². The van der Waals surface area contributed by atoms with Gasteiger partial charge in [-0.15, -0.1) is 0 Å². The van der Waals surface area contributed by atoms with E-state index in [4.69, 9.17) is 15.2 Å². The van der Waals surface area contributed by atoms with E-state index in [0.29, 0.717) is 49.1 Å². The zero-order valence-corrected chi connectivity index (χ0v) is 14.9. The van der Waals surface area contributed by atoms with Gasteiger partial charge in [0.2, 0.25) is 0 Å². The van der Waals surface area contributed by atoms with Gasteiger partial charge in [-0.2, -0.15) is 0 Å². The van der Waals surface area contributed by atoms with Crippen LogP contribution in [0.15, 0.2) is 36.7 Å². The first-order valence-corrected chi connectivity index (χ1v) is 8.70. The lowest BCUT2D eigenvalue weighted by Crippen LogP contribution is -2.38. The van der Waals surface area contributed by atoms with E-state index in [1.54, 1.807) is 36.7 Å². The van der Waals surface area contributed by atoms with Gasteiger partial charge in [0.15, 0.2) is 5.75 Å². The molecule has 1 aromatic heterocycles. The number of H-pyrrole nitrogens is 1. The standard InChI is InChI=1S/C18H23N5O4/c19-18(25)22-15-3-1-2-14(21-17(24)13-4-5-20-12-13)16(15)27-11-8-23-6-9-26-10-7-23/h1-5,12,20H,6-11H2,(H,21,24)(H3,19,22,25). The van der Waals surface area contributed by atoms with Crippen molar-refractivity contribution < 1.29 is 19.1 Å². The van der Waals surface area contributed by atoms with Crippen LogP contribution in [0.5, 0.6) is 5.75 Å². The van der Waals surface area contributed by atoms with Gasteiger partial charge in [0.05, 0.1) is 30.2 Å². The Morgan fingerprint density at radius 3 is 2.59 bits per heavy atom. The summed E-state index contributed by atoms with van der Waals surface area (Å²) in [7, 11) is 0. The van der Waals surface area contributed by atoms with Gasteiger partial charge >= 0.3 is 6.03 Å². The highest BCUT2D eigenvalue weighted by Crippen LogP contribution is 2.33. The van der Waals surface area contributed by atoms with Crippen LogP contribution in [-0.4, -0.2) is 61.3 Å². The van der Waals surface area contributed by atoms with E-state index in [0.717, 1.165) is 13.1 Å². The Hall–Kier alpha value is -3.04. The maximum absolute atomic E-state index is 12.4. The SMILES string of the molecule is NC(=O)Nc1cccc(NC(=O)c2cc[nH]c2)c1OCCN1CCOCC1. The Labute approximate surface area is 156 Å². The Bertz CT molecular complexity index is 772. The van der Waals surface area contributed by atoms with Gasteiger partial charge in [-0.3, -0.25) is 9.69 Å². The summed E-state index contributed by atoms with van der Waals surface area (Å²) < 4.78 is 11.2. The van der Waals surface area contributed by atoms with Crippen LogP contribution in [0.4, 0.5) is 16.2 Å². The molecule has 9 nitrogen and oxygen atoms in total. The van der Waals surface area contributed by atoms with Crippen molar-refractivity contribution in [3.8, 4) is 5.75 Å². The van der Waals surface area contributed by atoms with Gasteiger partial charge in [0.1, 0.15) is 6.61 Å². The van der Waals surface area contributed by atoms with Crippen molar-refractivity contribution in [2.75, 3.05) is 50.1 Å². The number of carbonyl (C=O) groups is 2. The minimum absolute atomic E-state index is 0.287. The second kappa shape index (κ2) is 9.06. The Morgan fingerprint density at radius 1 is 1.19 bits per heavy atom. The molecule has 0 spiro atoms. The van der Waals surface area contributed by atoms with E-state index in [2.05, 4.69) is 20.5 Å². The van der Waals surface area contributed by atoms with Gasteiger partial charge in [-0.1, -0.05) is 6.07 Å². The predicted octanol–water partition coefficient (Wildman–Crippen LogP) is 1.47. The number of para-hydroxylation sites is 1. The number of anilines is 2. The molecule has 0 saturated carbocycles. The molecule has 0 bridgehead atoms. The minimum Gasteiger partial charge on any atom is -0.488 e. The Balaban J connectivity index is 1.72. The van der Waals surface area contributed by atoms with Crippen molar-refractivity contribution in [1.29, 1.82) is 0 Å². The summed E-state index contributed by atoms with van der Waals surface area (Å²) in [6, 6.07) is 6.04. The summed E-state index contributed by atoms with van der Waals surface area (Å²) >= 11 is 0. The van der Waals surface area contributed by atoms with Crippen molar-refractivity contribution in [2.45, 2.75) is 0 Å². The lowest BCUT2D eigenvalue weighted by molar-refractivity contribution is 0.0323. The molecule has 1 aromatic carbocycles. The van der Waals surface area contributed by atoms with Crippen molar-refractivity contribution in [2.24, 2.45) is 5.73 Å². The number of ether oxygens (including phenoxy) is 2. The molecule has 0 unspecified atom stereocenters. The molecule has 1 aliphatic rings. The fraction of sp³-hybridized carbons (Fsp3) is 0.333. The van der Waals surface area contributed by atoms with Crippen LogP contribution in [0.1, 0.15) is 10.4 Å². The first kappa shape index (κ1) is 18.7. The average molecular weight is 373 g/mol. The van der Waals surface area contributed by atoms with Gasteiger partial charge in [0.25, 0.3) is 5.91 Å². The second-order valence-corrected chi connectivity index (χ2v) is 6.03. The molecule has 1 aliphatic heterocycles. The number of hydrogen-bond acceptors (Lipinski definition) is 5. The smallest absolute Gasteiger partial charge is 0.316 e. The number of morpholine rings is 1. The molecule has 5 N–H and O–H groups in total. The monoisotopic (exact) mass is 373 g/mol. The highest BCUT2D eigenvalue weighted by Gasteiger charge is 2.16. The normalized spacial score (nSPS) is 14.5. The number of carbonyl (C=O) groups excluding carboxylic acids is 2. The second-order valence-electron chi connectivity index (χ2n) is 6.03. The average Bonchev–Trinajstić information content (AvgIpc) is 3.19. The Kier molecular flexibility index (Phi) is 6.29. The molecule has 144 valence electrons. The highest BCUT2D eigenvalue weighted by atomic mass is 16.5.